The lowest BCUT2D eigenvalue weighted by molar-refractivity contribution is 0.101. The molecule has 1 N–H and O–H groups in total. The predicted molar refractivity (Wildman–Crippen MR) is 86.3 cm³/mol. The van der Waals surface area contributed by atoms with Crippen LogP contribution in [0.1, 0.15) is 23.8 Å². The van der Waals surface area contributed by atoms with E-state index in [1.165, 1.54) is 41.1 Å². The number of rotatable bonds is 5. The van der Waals surface area contributed by atoms with E-state index in [1.54, 1.807) is 0 Å². The van der Waals surface area contributed by atoms with Gasteiger partial charge >= 0.3 is 0 Å². The van der Waals surface area contributed by atoms with Crippen LogP contribution in [0.3, 0.4) is 0 Å². The van der Waals surface area contributed by atoms with E-state index in [0.29, 0.717) is 12.2 Å². The van der Waals surface area contributed by atoms with Crippen LogP contribution in [0.4, 0.5) is 5.69 Å². The monoisotopic (exact) mass is 335 g/mol. The standard InChI is InChI=1S/C15H17N3O4S/c1-3-10-18-14(19)9-8-13(17-18)15(20)16-11-4-6-12(7-5-11)23(2,21)22/h4-9H,3,10H2,1-2H3,(H,16,20). The maximum absolute atomic E-state index is 12.2. The van der Waals surface area contributed by atoms with Crippen molar-refractivity contribution in [3.8, 4) is 0 Å². The number of hydrogen-bond acceptors (Lipinski definition) is 5. The Balaban J connectivity index is 2.19. The molecule has 0 spiro atoms. The maximum Gasteiger partial charge on any atom is 0.276 e. The van der Waals surface area contributed by atoms with E-state index in [1.807, 2.05) is 6.92 Å². The summed E-state index contributed by atoms with van der Waals surface area (Å²) in [5.41, 5.74) is 0.295. The second-order valence-electron chi connectivity index (χ2n) is 5.03. The summed E-state index contributed by atoms with van der Waals surface area (Å²) in [6.07, 6.45) is 1.84. The van der Waals surface area contributed by atoms with Crippen LogP contribution in [-0.4, -0.2) is 30.4 Å². The number of nitrogens with zero attached hydrogens (tertiary/aromatic N) is 2. The molecule has 0 fully saturated rings. The molecule has 0 unspecified atom stereocenters. The van der Waals surface area contributed by atoms with Gasteiger partial charge in [-0.1, -0.05) is 6.92 Å². The lowest BCUT2D eigenvalue weighted by Gasteiger charge is -2.07. The third-order valence-corrected chi connectivity index (χ3v) is 4.20. The van der Waals surface area contributed by atoms with Crippen molar-refractivity contribution in [3.63, 3.8) is 0 Å². The molecule has 0 aliphatic carbocycles. The Morgan fingerprint density at radius 1 is 1.17 bits per heavy atom. The largest absolute Gasteiger partial charge is 0.321 e. The lowest BCUT2D eigenvalue weighted by atomic mass is 10.3. The molecule has 2 aromatic rings. The second-order valence-corrected chi connectivity index (χ2v) is 7.05. The van der Waals surface area contributed by atoms with Crippen LogP contribution < -0.4 is 10.9 Å². The molecule has 122 valence electrons. The molecule has 0 aliphatic rings. The van der Waals surface area contributed by atoms with Crippen molar-refractivity contribution in [1.29, 1.82) is 0 Å². The van der Waals surface area contributed by atoms with Gasteiger partial charge in [0.05, 0.1) is 4.90 Å². The molecule has 7 nitrogen and oxygen atoms in total. The van der Waals surface area contributed by atoms with Crippen molar-refractivity contribution >= 4 is 21.4 Å². The number of aryl methyl sites for hydroxylation is 1. The molecule has 0 saturated carbocycles. The van der Waals surface area contributed by atoms with Gasteiger partial charge in [-0.15, -0.1) is 0 Å². The van der Waals surface area contributed by atoms with Gasteiger partial charge < -0.3 is 5.32 Å². The van der Waals surface area contributed by atoms with E-state index in [4.69, 9.17) is 0 Å². The van der Waals surface area contributed by atoms with E-state index in [9.17, 15) is 18.0 Å². The summed E-state index contributed by atoms with van der Waals surface area (Å²) in [5.74, 6) is -0.470. The topological polar surface area (TPSA) is 98.1 Å². The maximum atomic E-state index is 12.2. The fourth-order valence-electron chi connectivity index (χ4n) is 1.92. The van der Waals surface area contributed by atoms with Crippen molar-refractivity contribution in [1.82, 2.24) is 9.78 Å². The van der Waals surface area contributed by atoms with Gasteiger partial charge in [-0.3, -0.25) is 9.59 Å². The molecule has 0 radical (unpaired) electrons. The highest BCUT2D eigenvalue weighted by molar-refractivity contribution is 7.90. The molecule has 0 aliphatic heterocycles. The second kappa shape index (κ2) is 6.74. The molecule has 8 heteroatoms. The van der Waals surface area contributed by atoms with E-state index >= 15 is 0 Å². The van der Waals surface area contributed by atoms with Crippen molar-refractivity contribution < 1.29 is 13.2 Å². The molecule has 0 saturated heterocycles. The number of carbonyl (C=O) groups is 1. The van der Waals surface area contributed by atoms with Gasteiger partial charge in [0, 0.05) is 24.6 Å². The fourth-order valence-corrected chi connectivity index (χ4v) is 2.55. The van der Waals surface area contributed by atoms with Crippen LogP contribution in [0.15, 0.2) is 46.1 Å². The first kappa shape index (κ1) is 16.9. The average molecular weight is 335 g/mol. The molecule has 1 aromatic heterocycles. The first-order valence-electron chi connectivity index (χ1n) is 7.01. The van der Waals surface area contributed by atoms with E-state index in [-0.39, 0.29) is 16.1 Å². The molecule has 23 heavy (non-hydrogen) atoms. The molecule has 0 atom stereocenters. The minimum absolute atomic E-state index is 0.116. The molecule has 1 aromatic carbocycles. The number of anilines is 1. The smallest absolute Gasteiger partial charge is 0.276 e. The average Bonchev–Trinajstić information content (AvgIpc) is 2.49. The van der Waals surface area contributed by atoms with Crippen molar-refractivity contribution in [2.75, 3.05) is 11.6 Å². The lowest BCUT2D eigenvalue weighted by Crippen LogP contribution is -2.26. The van der Waals surface area contributed by atoms with E-state index in [2.05, 4.69) is 10.4 Å². The normalized spacial score (nSPS) is 11.2. The molecule has 1 heterocycles. The van der Waals surface area contributed by atoms with Crippen LogP contribution >= 0.6 is 0 Å². The number of hydrogen-bond donors (Lipinski definition) is 1. The van der Waals surface area contributed by atoms with E-state index < -0.39 is 15.7 Å². The summed E-state index contributed by atoms with van der Waals surface area (Å²) < 4.78 is 24.0. The first-order valence-corrected chi connectivity index (χ1v) is 8.90. The van der Waals surface area contributed by atoms with Crippen LogP contribution in [-0.2, 0) is 16.4 Å². The summed E-state index contributed by atoms with van der Waals surface area (Å²) in [7, 11) is -3.28. The van der Waals surface area contributed by atoms with Gasteiger partial charge in [-0.05, 0) is 36.8 Å². The molecular weight excluding hydrogens is 318 g/mol. The number of aromatic nitrogens is 2. The number of sulfone groups is 1. The van der Waals surface area contributed by atoms with Crippen LogP contribution in [0, 0.1) is 0 Å². The highest BCUT2D eigenvalue weighted by Crippen LogP contribution is 2.14. The Kier molecular flexibility index (Phi) is 4.95. The van der Waals surface area contributed by atoms with E-state index in [0.717, 1.165) is 12.7 Å². The summed E-state index contributed by atoms with van der Waals surface area (Å²) in [6, 6.07) is 8.47. The van der Waals surface area contributed by atoms with Crippen LogP contribution in [0.2, 0.25) is 0 Å². The Morgan fingerprint density at radius 2 is 1.83 bits per heavy atom. The first-order chi connectivity index (χ1) is 10.8. The SMILES string of the molecule is CCCn1nc(C(=O)Nc2ccc(S(C)(=O)=O)cc2)ccc1=O. The third-order valence-electron chi connectivity index (χ3n) is 3.08. The Labute approximate surface area is 133 Å². The molecule has 1 amide bonds. The highest BCUT2D eigenvalue weighted by atomic mass is 32.2. The van der Waals surface area contributed by atoms with Gasteiger partial charge in [0.15, 0.2) is 9.84 Å². The minimum Gasteiger partial charge on any atom is -0.321 e. The van der Waals surface area contributed by atoms with Crippen molar-refractivity contribution in [2.24, 2.45) is 0 Å². The van der Waals surface area contributed by atoms with Gasteiger partial charge in [0.2, 0.25) is 0 Å². The Hall–Kier alpha value is -2.48. The Morgan fingerprint density at radius 3 is 2.39 bits per heavy atom. The number of benzene rings is 1. The fraction of sp³-hybridized carbons (Fsp3) is 0.267. The highest BCUT2D eigenvalue weighted by Gasteiger charge is 2.11. The van der Waals surface area contributed by atoms with Gasteiger partial charge in [-0.2, -0.15) is 5.10 Å². The van der Waals surface area contributed by atoms with Gasteiger partial charge in [0.1, 0.15) is 5.69 Å². The van der Waals surface area contributed by atoms with Crippen molar-refractivity contribution in [3.05, 3.63) is 52.4 Å². The number of amides is 1. The quantitative estimate of drug-likeness (QED) is 0.888. The zero-order valence-electron chi connectivity index (χ0n) is 12.8. The zero-order valence-corrected chi connectivity index (χ0v) is 13.6. The summed E-state index contributed by atoms with van der Waals surface area (Å²) >= 11 is 0. The van der Waals surface area contributed by atoms with Crippen LogP contribution in [0.25, 0.3) is 0 Å². The molecule has 2 rings (SSSR count). The summed E-state index contributed by atoms with van der Waals surface area (Å²) in [6.45, 7) is 2.34. The van der Waals surface area contributed by atoms with Crippen LogP contribution in [0.5, 0.6) is 0 Å². The van der Waals surface area contributed by atoms with Gasteiger partial charge in [-0.25, -0.2) is 13.1 Å². The summed E-state index contributed by atoms with van der Waals surface area (Å²) in [5, 5.41) is 6.63. The Bertz CT molecular complexity index is 870. The summed E-state index contributed by atoms with van der Waals surface area (Å²) in [4.78, 5) is 23.9. The molecule has 0 bridgehead atoms. The molecular formula is C15H17N3O4S. The van der Waals surface area contributed by atoms with Gasteiger partial charge in [0.25, 0.3) is 11.5 Å². The number of nitrogens with one attached hydrogen (secondary N) is 1. The third kappa shape index (κ3) is 4.26. The zero-order chi connectivity index (χ0) is 17.0. The van der Waals surface area contributed by atoms with Crippen molar-refractivity contribution in [2.45, 2.75) is 24.8 Å². The number of carbonyl (C=O) groups excluding carboxylic acids is 1. The predicted octanol–water partition coefficient (Wildman–Crippen LogP) is 1.31. The minimum atomic E-state index is -3.28.